The Labute approximate surface area is 278 Å². The highest BCUT2D eigenvalue weighted by Gasteiger charge is 2.35. The summed E-state index contributed by atoms with van der Waals surface area (Å²) in [6, 6.07) is 8.95. The number of carbonyl (C=O) groups excluding carboxylic acids is 3. The first-order chi connectivity index (χ1) is 22.3. The Bertz CT molecular complexity index is 1410. The number of ether oxygens (including phenoxy) is 4. The number of amides is 3. The molecule has 258 valence electrons. The molecule has 4 rings (SSSR count). The smallest absolute Gasteiger partial charge is 0.410 e. The van der Waals surface area contributed by atoms with Gasteiger partial charge in [0.15, 0.2) is 0 Å². The van der Waals surface area contributed by atoms with E-state index in [1.165, 1.54) is 12.1 Å². The van der Waals surface area contributed by atoms with Crippen molar-refractivity contribution in [3.05, 3.63) is 53.3 Å². The molecule has 10 nitrogen and oxygen atoms in total. The molecule has 0 bridgehead atoms. The van der Waals surface area contributed by atoms with Crippen molar-refractivity contribution in [3.8, 4) is 16.9 Å². The van der Waals surface area contributed by atoms with Crippen LogP contribution in [-0.4, -0.2) is 110 Å². The first-order valence-corrected chi connectivity index (χ1v) is 16.5. The second-order valence-corrected chi connectivity index (χ2v) is 13.5. The Kier molecular flexibility index (Phi) is 12.2. The van der Waals surface area contributed by atoms with Crippen LogP contribution in [0.2, 0.25) is 0 Å². The summed E-state index contributed by atoms with van der Waals surface area (Å²) >= 11 is 0. The van der Waals surface area contributed by atoms with E-state index in [1.807, 2.05) is 39.5 Å². The maximum absolute atomic E-state index is 15.4. The van der Waals surface area contributed by atoms with Crippen LogP contribution in [0.1, 0.15) is 81.0 Å². The molecular formula is C36H50FN3O7. The molecule has 2 heterocycles. The number of nitrogens with zero attached hydrogens (tertiary/aromatic N) is 3. The molecular weight excluding hydrogens is 605 g/mol. The molecule has 3 amide bonds. The summed E-state index contributed by atoms with van der Waals surface area (Å²) in [5.74, 6) is -0.582. The highest BCUT2D eigenvalue weighted by atomic mass is 19.1. The molecule has 2 aromatic carbocycles. The van der Waals surface area contributed by atoms with Gasteiger partial charge in [0.25, 0.3) is 11.8 Å². The van der Waals surface area contributed by atoms with E-state index in [0.717, 1.165) is 19.3 Å². The second kappa shape index (κ2) is 15.9. The molecule has 2 saturated heterocycles. The number of hydrogen-bond donors (Lipinski definition) is 0. The van der Waals surface area contributed by atoms with Gasteiger partial charge in [0.2, 0.25) is 0 Å². The average Bonchev–Trinajstić information content (AvgIpc) is 3.52. The quantitative estimate of drug-likeness (QED) is 0.273. The highest BCUT2D eigenvalue weighted by molar-refractivity contribution is 5.98. The van der Waals surface area contributed by atoms with Crippen LogP contribution in [0.5, 0.6) is 5.75 Å². The van der Waals surface area contributed by atoms with Crippen LogP contribution in [0.3, 0.4) is 0 Å². The van der Waals surface area contributed by atoms with Gasteiger partial charge in [0, 0.05) is 81.7 Å². The van der Waals surface area contributed by atoms with Gasteiger partial charge >= 0.3 is 6.09 Å². The third-order valence-corrected chi connectivity index (χ3v) is 8.48. The summed E-state index contributed by atoms with van der Waals surface area (Å²) in [4.78, 5) is 45.5. The van der Waals surface area contributed by atoms with Crippen LogP contribution >= 0.6 is 0 Å². The largest absolute Gasteiger partial charge is 0.493 e. The topological polar surface area (TPSA) is 97.8 Å². The van der Waals surface area contributed by atoms with Gasteiger partial charge in [0.05, 0.1) is 18.8 Å². The van der Waals surface area contributed by atoms with Crippen molar-refractivity contribution < 1.29 is 37.7 Å². The molecule has 47 heavy (non-hydrogen) atoms. The first-order valence-electron chi connectivity index (χ1n) is 16.5. The zero-order valence-electron chi connectivity index (χ0n) is 28.8. The highest BCUT2D eigenvalue weighted by Crippen LogP contribution is 2.35. The number of piperidine rings is 1. The minimum absolute atomic E-state index is 0.0181. The lowest BCUT2D eigenvalue weighted by molar-refractivity contribution is 0.00751. The molecule has 0 spiro atoms. The molecule has 0 N–H and O–H groups in total. The number of carbonyl (C=O) groups is 3. The molecule has 0 saturated carbocycles. The van der Waals surface area contributed by atoms with Crippen molar-refractivity contribution in [2.45, 2.75) is 84.1 Å². The Balaban J connectivity index is 1.64. The first kappa shape index (κ1) is 36.1. The fraction of sp³-hybridized carbons (Fsp3) is 0.583. The van der Waals surface area contributed by atoms with Gasteiger partial charge < -0.3 is 33.6 Å². The Morgan fingerprint density at radius 3 is 2.34 bits per heavy atom. The minimum atomic E-state index is -0.619. The summed E-state index contributed by atoms with van der Waals surface area (Å²) in [5, 5.41) is 0. The van der Waals surface area contributed by atoms with E-state index in [-0.39, 0.29) is 48.3 Å². The predicted molar refractivity (Wildman–Crippen MR) is 177 cm³/mol. The number of methoxy groups -OCH3 is 2. The SMILES string of the molecule is COCCCOc1cc(C(=O)N(C(C)C)[C@@H]2CCCN(C(=O)OC(C)(C)C)C2)ccc1-c1cc(C(=O)N2CCC(OC)C2)ccc1F. The molecule has 2 aliphatic rings. The fourth-order valence-electron chi connectivity index (χ4n) is 6.18. The van der Waals surface area contributed by atoms with Crippen molar-refractivity contribution in [1.82, 2.24) is 14.7 Å². The molecule has 0 radical (unpaired) electrons. The molecule has 0 aliphatic carbocycles. The van der Waals surface area contributed by atoms with Crippen molar-refractivity contribution in [2.75, 3.05) is 53.6 Å². The summed E-state index contributed by atoms with van der Waals surface area (Å²) in [5.41, 5.74) is 0.773. The van der Waals surface area contributed by atoms with Gasteiger partial charge in [-0.05, 0) is 90.3 Å². The summed E-state index contributed by atoms with van der Waals surface area (Å²) in [6.07, 6.45) is 2.42. The number of rotatable bonds is 11. The predicted octanol–water partition coefficient (Wildman–Crippen LogP) is 6.02. The standard InChI is InChI=1S/C36H50FN3O7/c1-24(2)40(27-10-8-16-39(22-27)35(43)47-36(3,4)5)34(42)26-11-13-29(32(21-26)46-19-9-18-44-6)30-20-25(12-14-31(30)37)33(41)38-17-15-28(23-38)45-7/h11-14,20-21,24,27-28H,8-10,15-19,22-23H2,1-7H3/t27-,28?/m1/s1. The van der Waals surface area contributed by atoms with Gasteiger partial charge in [0.1, 0.15) is 17.2 Å². The van der Waals surface area contributed by atoms with E-state index in [1.54, 1.807) is 48.3 Å². The van der Waals surface area contributed by atoms with Crippen LogP contribution in [-0.2, 0) is 14.2 Å². The van der Waals surface area contributed by atoms with Gasteiger partial charge in [-0.3, -0.25) is 9.59 Å². The van der Waals surface area contributed by atoms with Gasteiger partial charge in [-0.15, -0.1) is 0 Å². The zero-order valence-corrected chi connectivity index (χ0v) is 28.8. The zero-order chi connectivity index (χ0) is 34.3. The van der Waals surface area contributed by atoms with E-state index in [4.69, 9.17) is 18.9 Å². The van der Waals surface area contributed by atoms with E-state index >= 15 is 4.39 Å². The van der Waals surface area contributed by atoms with E-state index in [0.29, 0.717) is 61.6 Å². The van der Waals surface area contributed by atoms with Crippen molar-refractivity contribution in [1.29, 1.82) is 0 Å². The van der Waals surface area contributed by atoms with E-state index in [2.05, 4.69) is 0 Å². The summed E-state index contributed by atoms with van der Waals surface area (Å²) < 4.78 is 37.8. The average molecular weight is 656 g/mol. The maximum Gasteiger partial charge on any atom is 0.410 e. The Hall–Kier alpha value is -3.70. The van der Waals surface area contributed by atoms with Crippen LogP contribution < -0.4 is 4.74 Å². The van der Waals surface area contributed by atoms with Crippen molar-refractivity contribution >= 4 is 17.9 Å². The van der Waals surface area contributed by atoms with Gasteiger partial charge in [-0.25, -0.2) is 9.18 Å². The van der Waals surface area contributed by atoms with Crippen LogP contribution in [0, 0.1) is 5.82 Å². The molecule has 2 aromatic rings. The molecule has 0 aromatic heterocycles. The Morgan fingerprint density at radius 2 is 1.68 bits per heavy atom. The van der Waals surface area contributed by atoms with Crippen LogP contribution in [0.15, 0.2) is 36.4 Å². The Morgan fingerprint density at radius 1 is 0.936 bits per heavy atom. The lowest BCUT2D eigenvalue weighted by Crippen LogP contribution is -2.54. The monoisotopic (exact) mass is 655 g/mol. The second-order valence-electron chi connectivity index (χ2n) is 13.5. The summed E-state index contributed by atoms with van der Waals surface area (Å²) in [6.45, 7) is 12.1. The number of benzene rings is 2. The minimum Gasteiger partial charge on any atom is -0.493 e. The van der Waals surface area contributed by atoms with Crippen molar-refractivity contribution in [3.63, 3.8) is 0 Å². The van der Waals surface area contributed by atoms with Gasteiger partial charge in [-0.1, -0.05) is 0 Å². The molecule has 2 atom stereocenters. The van der Waals surface area contributed by atoms with E-state index in [9.17, 15) is 14.4 Å². The lowest BCUT2D eigenvalue weighted by atomic mass is 9.97. The van der Waals surface area contributed by atoms with E-state index < -0.39 is 11.4 Å². The maximum atomic E-state index is 15.4. The van der Waals surface area contributed by atoms with Gasteiger partial charge in [-0.2, -0.15) is 0 Å². The normalized spacial score (nSPS) is 18.4. The molecule has 11 heteroatoms. The third kappa shape index (κ3) is 9.22. The van der Waals surface area contributed by atoms with Crippen LogP contribution in [0.4, 0.5) is 9.18 Å². The van der Waals surface area contributed by atoms with Crippen LogP contribution in [0.25, 0.3) is 11.1 Å². The summed E-state index contributed by atoms with van der Waals surface area (Å²) in [7, 11) is 3.24. The number of hydrogen-bond acceptors (Lipinski definition) is 7. The molecule has 2 aliphatic heterocycles. The lowest BCUT2D eigenvalue weighted by Gasteiger charge is -2.41. The number of likely N-dealkylation sites (tertiary alicyclic amines) is 2. The molecule has 2 fully saturated rings. The fourth-order valence-corrected chi connectivity index (χ4v) is 6.18. The number of halogens is 1. The molecule has 1 unspecified atom stereocenters. The third-order valence-electron chi connectivity index (χ3n) is 8.48. The van der Waals surface area contributed by atoms with Crippen molar-refractivity contribution in [2.24, 2.45) is 0 Å².